The number of carboxylic acid groups (broad SMARTS) is 1. The zero-order chi connectivity index (χ0) is 15.1. The quantitative estimate of drug-likeness (QED) is 0.796. The van der Waals surface area contributed by atoms with E-state index in [2.05, 4.69) is 24.2 Å². The van der Waals surface area contributed by atoms with Gasteiger partial charge in [-0.25, -0.2) is 4.79 Å². The average molecular weight is 295 g/mol. The highest BCUT2D eigenvalue weighted by molar-refractivity contribution is 5.79. The third-order valence-corrected chi connectivity index (χ3v) is 5.51. The largest absolute Gasteiger partial charge is 0.481 e. The lowest BCUT2D eigenvalue weighted by atomic mass is 9.89. The molecule has 5 unspecified atom stereocenters. The van der Waals surface area contributed by atoms with Gasteiger partial charge in [0.1, 0.15) is 0 Å². The first-order valence-corrected chi connectivity index (χ1v) is 7.97. The summed E-state index contributed by atoms with van der Waals surface area (Å²) in [6, 6.07) is 0.177. The molecule has 3 aliphatic rings. The molecular weight excluding hydrogens is 270 g/mol. The zero-order valence-corrected chi connectivity index (χ0v) is 12.8. The maximum absolute atomic E-state index is 12.6. The zero-order valence-electron chi connectivity index (χ0n) is 12.8. The van der Waals surface area contributed by atoms with E-state index in [-0.39, 0.29) is 30.1 Å². The summed E-state index contributed by atoms with van der Waals surface area (Å²) in [4.78, 5) is 28.0. The molecule has 3 fully saturated rings. The lowest BCUT2D eigenvalue weighted by molar-refractivity contribution is -0.142. The molecule has 0 radical (unpaired) electrons. The van der Waals surface area contributed by atoms with Gasteiger partial charge in [-0.2, -0.15) is 0 Å². The molecule has 21 heavy (non-hydrogen) atoms. The number of urea groups is 1. The second-order valence-corrected chi connectivity index (χ2v) is 6.97. The summed E-state index contributed by atoms with van der Waals surface area (Å²) >= 11 is 0. The molecule has 0 aromatic carbocycles. The summed E-state index contributed by atoms with van der Waals surface area (Å²) in [5.74, 6) is -0.694. The van der Waals surface area contributed by atoms with E-state index in [1.54, 1.807) is 0 Å². The number of piperidine rings is 1. The van der Waals surface area contributed by atoms with Gasteiger partial charge in [-0.15, -0.1) is 0 Å². The molecule has 3 rings (SSSR count). The highest BCUT2D eigenvalue weighted by atomic mass is 16.4. The van der Waals surface area contributed by atoms with Crippen LogP contribution in [0, 0.1) is 11.8 Å². The van der Waals surface area contributed by atoms with Gasteiger partial charge in [-0.1, -0.05) is 6.92 Å². The van der Waals surface area contributed by atoms with E-state index in [0.717, 1.165) is 32.4 Å². The second kappa shape index (κ2) is 5.48. The smallest absolute Gasteiger partial charge is 0.318 e. The molecule has 6 nitrogen and oxygen atoms in total. The van der Waals surface area contributed by atoms with Crippen LogP contribution in [0.2, 0.25) is 0 Å². The number of aliphatic carboxylic acids is 1. The van der Waals surface area contributed by atoms with E-state index in [1.165, 1.54) is 0 Å². The van der Waals surface area contributed by atoms with E-state index in [4.69, 9.17) is 0 Å². The average Bonchev–Trinajstić information content (AvgIpc) is 2.99. The van der Waals surface area contributed by atoms with Gasteiger partial charge in [0.2, 0.25) is 0 Å². The minimum Gasteiger partial charge on any atom is -0.481 e. The maximum atomic E-state index is 12.6. The molecule has 3 aliphatic heterocycles. The lowest BCUT2D eigenvalue weighted by Gasteiger charge is -2.36. The molecule has 0 spiro atoms. The van der Waals surface area contributed by atoms with E-state index < -0.39 is 5.97 Å². The Labute approximate surface area is 125 Å². The Bertz CT molecular complexity index is 442. The van der Waals surface area contributed by atoms with E-state index >= 15 is 0 Å². The molecule has 2 N–H and O–H groups in total. The molecule has 118 valence electrons. The highest BCUT2D eigenvalue weighted by Crippen LogP contribution is 2.41. The predicted octanol–water partition coefficient (Wildman–Crippen LogP) is 0.974. The molecule has 2 bridgehead atoms. The van der Waals surface area contributed by atoms with Crippen molar-refractivity contribution in [3.05, 3.63) is 0 Å². The molecule has 3 saturated heterocycles. The van der Waals surface area contributed by atoms with Gasteiger partial charge < -0.3 is 20.2 Å². The number of rotatable bonds is 2. The van der Waals surface area contributed by atoms with Gasteiger partial charge >= 0.3 is 12.0 Å². The fraction of sp³-hybridized carbons (Fsp3) is 0.867. The Morgan fingerprint density at radius 2 is 2.00 bits per heavy atom. The fourth-order valence-corrected chi connectivity index (χ4v) is 4.37. The molecule has 3 heterocycles. The van der Waals surface area contributed by atoms with Crippen molar-refractivity contribution < 1.29 is 14.7 Å². The van der Waals surface area contributed by atoms with Crippen molar-refractivity contribution in [2.75, 3.05) is 20.1 Å². The van der Waals surface area contributed by atoms with Crippen molar-refractivity contribution in [1.82, 2.24) is 15.1 Å². The molecule has 0 saturated carbocycles. The third-order valence-electron chi connectivity index (χ3n) is 5.51. The number of carboxylic acids is 1. The van der Waals surface area contributed by atoms with E-state index in [1.807, 2.05) is 4.90 Å². The number of fused-ring (bicyclic) bond motifs is 2. The maximum Gasteiger partial charge on any atom is 0.318 e. The molecular formula is C15H25N3O3. The number of hydrogen-bond acceptors (Lipinski definition) is 3. The fourth-order valence-electron chi connectivity index (χ4n) is 4.37. The molecule has 0 aliphatic carbocycles. The monoisotopic (exact) mass is 295 g/mol. The minimum absolute atomic E-state index is 0.0485. The minimum atomic E-state index is -0.757. The molecule has 0 aromatic rings. The van der Waals surface area contributed by atoms with Gasteiger partial charge in [-0.3, -0.25) is 4.79 Å². The Morgan fingerprint density at radius 3 is 2.62 bits per heavy atom. The first-order chi connectivity index (χ1) is 9.97. The van der Waals surface area contributed by atoms with Crippen LogP contribution in [0.1, 0.15) is 32.6 Å². The molecule has 0 aromatic heterocycles. The van der Waals surface area contributed by atoms with Crippen LogP contribution in [0.4, 0.5) is 4.79 Å². The van der Waals surface area contributed by atoms with Gasteiger partial charge in [0.25, 0.3) is 0 Å². The topological polar surface area (TPSA) is 72.9 Å². The van der Waals surface area contributed by atoms with Gasteiger partial charge in [0.15, 0.2) is 0 Å². The molecule has 2 amide bonds. The van der Waals surface area contributed by atoms with Crippen molar-refractivity contribution in [2.24, 2.45) is 11.8 Å². The van der Waals surface area contributed by atoms with Gasteiger partial charge in [0.05, 0.1) is 5.92 Å². The van der Waals surface area contributed by atoms with Crippen molar-refractivity contribution in [1.29, 1.82) is 0 Å². The number of nitrogens with zero attached hydrogens (tertiary/aromatic N) is 2. The van der Waals surface area contributed by atoms with Crippen molar-refractivity contribution in [3.63, 3.8) is 0 Å². The predicted molar refractivity (Wildman–Crippen MR) is 78.0 cm³/mol. The normalized spacial score (nSPS) is 39.5. The Kier molecular flexibility index (Phi) is 3.82. The first kappa shape index (κ1) is 14.6. The Balaban J connectivity index is 1.63. The van der Waals surface area contributed by atoms with E-state index in [9.17, 15) is 14.7 Å². The summed E-state index contributed by atoms with van der Waals surface area (Å²) in [5, 5.41) is 12.4. The van der Waals surface area contributed by atoms with Crippen molar-refractivity contribution >= 4 is 12.0 Å². The summed E-state index contributed by atoms with van der Waals surface area (Å²) < 4.78 is 0. The number of nitrogens with one attached hydrogen (secondary N) is 1. The summed E-state index contributed by atoms with van der Waals surface area (Å²) in [6.07, 6.45) is 3.37. The van der Waals surface area contributed by atoms with Crippen LogP contribution in [-0.4, -0.2) is 65.2 Å². The number of amides is 2. The Morgan fingerprint density at radius 1 is 1.24 bits per heavy atom. The van der Waals surface area contributed by atoms with Crippen LogP contribution in [0.5, 0.6) is 0 Å². The number of likely N-dealkylation sites (tertiary alicyclic amines) is 1. The van der Waals surface area contributed by atoms with Crippen LogP contribution in [-0.2, 0) is 4.79 Å². The van der Waals surface area contributed by atoms with Crippen molar-refractivity contribution in [3.8, 4) is 0 Å². The van der Waals surface area contributed by atoms with Crippen LogP contribution in [0.3, 0.4) is 0 Å². The van der Waals surface area contributed by atoms with Gasteiger partial charge in [0, 0.05) is 24.7 Å². The van der Waals surface area contributed by atoms with Crippen LogP contribution >= 0.6 is 0 Å². The van der Waals surface area contributed by atoms with Crippen molar-refractivity contribution in [2.45, 2.75) is 50.7 Å². The first-order valence-electron chi connectivity index (χ1n) is 7.97. The van der Waals surface area contributed by atoms with E-state index in [0.29, 0.717) is 12.3 Å². The van der Waals surface area contributed by atoms with Crippen LogP contribution < -0.4 is 5.32 Å². The number of hydrogen-bond donors (Lipinski definition) is 2. The standard InChI is InChI=1S/C15H25N3O3/c1-9-8-17(2)6-5-12(9)16-15(21)18-10-3-4-13(18)11(7-10)14(19)20/h9-13H,3-8H2,1-2H3,(H,16,21)(H,19,20). The molecule has 5 atom stereocenters. The van der Waals surface area contributed by atoms with Crippen LogP contribution in [0.25, 0.3) is 0 Å². The van der Waals surface area contributed by atoms with Gasteiger partial charge in [-0.05, 0) is 45.2 Å². The summed E-state index contributed by atoms with van der Waals surface area (Å²) in [5.41, 5.74) is 0. The lowest BCUT2D eigenvalue weighted by Crippen LogP contribution is -2.53. The SMILES string of the molecule is CC1CN(C)CCC1NC(=O)N1C2CCC1C(C(=O)O)C2. The number of carbonyl (C=O) groups excluding carboxylic acids is 1. The number of carbonyl (C=O) groups is 2. The van der Waals surface area contributed by atoms with Crippen LogP contribution in [0.15, 0.2) is 0 Å². The second-order valence-electron chi connectivity index (χ2n) is 6.97. The summed E-state index contributed by atoms with van der Waals surface area (Å²) in [7, 11) is 2.10. The summed E-state index contributed by atoms with van der Waals surface area (Å²) in [6.45, 7) is 4.16. The molecule has 6 heteroatoms. The highest BCUT2D eigenvalue weighted by Gasteiger charge is 2.51. The Hall–Kier alpha value is -1.30. The third kappa shape index (κ3) is 2.61.